The van der Waals surface area contributed by atoms with Crippen LogP contribution in [0.3, 0.4) is 0 Å². The van der Waals surface area contributed by atoms with Crippen LogP contribution in [0.2, 0.25) is 0 Å². The first-order chi connectivity index (χ1) is 8.04. The van der Waals surface area contributed by atoms with Crippen LogP contribution < -0.4 is 5.32 Å². The molecule has 17 heavy (non-hydrogen) atoms. The number of hydrogen-bond donors (Lipinski definition) is 1. The van der Waals surface area contributed by atoms with Crippen molar-refractivity contribution < 1.29 is 4.79 Å². The number of halogens is 1. The SMILES string of the molecule is CN(C)C(=O)CCNc1ccc(C#N)cc1Br. The van der Waals surface area contributed by atoms with Crippen LogP contribution in [0.4, 0.5) is 5.69 Å². The van der Waals surface area contributed by atoms with E-state index in [2.05, 4.69) is 27.3 Å². The summed E-state index contributed by atoms with van der Waals surface area (Å²) in [6.07, 6.45) is 0.444. The zero-order valence-electron chi connectivity index (χ0n) is 9.83. The summed E-state index contributed by atoms with van der Waals surface area (Å²) in [6, 6.07) is 7.37. The summed E-state index contributed by atoms with van der Waals surface area (Å²) in [4.78, 5) is 12.9. The number of carbonyl (C=O) groups is 1. The van der Waals surface area contributed by atoms with Crippen molar-refractivity contribution in [3.63, 3.8) is 0 Å². The van der Waals surface area contributed by atoms with Crippen molar-refractivity contribution in [2.75, 3.05) is 26.0 Å². The zero-order valence-corrected chi connectivity index (χ0v) is 11.4. The highest BCUT2D eigenvalue weighted by atomic mass is 79.9. The van der Waals surface area contributed by atoms with Gasteiger partial charge in [-0.1, -0.05) is 0 Å². The average Bonchev–Trinajstić information content (AvgIpc) is 2.30. The molecule has 0 bridgehead atoms. The second kappa shape index (κ2) is 6.26. The molecule has 0 saturated carbocycles. The van der Waals surface area contributed by atoms with E-state index in [0.717, 1.165) is 10.2 Å². The van der Waals surface area contributed by atoms with Crippen molar-refractivity contribution in [2.45, 2.75) is 6.42 Å². The van der Waals surface area contributed by atoms with Gasteiger partial charge in [-0.05, 0) is 34.1 Å². The molecule has 0 radical (unpaired) electrons. The van der Waals surface area contributed by atoms with Gasteiger partial charge in [-0.3, -0.25) is 4.79 Å². The number of anilines is 1. The largest absolute Gasteiger partial charge is 0.384 e. The van der Waals surface area contributed by atoms with Crippen LogP contribution in [0.5, 0.6) is 0 Å². The van der Waals surface area contributed by atoms with E-state index in [1.54, 1.807) is 31.1 Å². The van der Waals surface area contributed by atoms with Gasteiger partial charge in [0.25, 0.3) is 0 Å². The number of hydrogen-bond acceptors (Lipinski definition) is 3. The molecule has 0 atom stereocenters. The third-order valence-electron chi connectivity index (χ3n) is 2.25. The van der Waals surface area contributed by atoms with Gasteiger partial charge in [-0.2, -0.15) is 5.26 Å². The standard InChI is InChI=1S/C12H14BrN3O/c1-16(2)12(17)5-6-15-11-4-3-9(8-14)7-10(11)13/h3-4,7,15H,5-6H2,1-2H3. The first-order valence-electron chi connectivity index (χ1n) is 5.18. The predicted octanol–water partition coefficient (Wildman–Crippen LogP) is 2.21. The topological polar surface area (TPSA) is 56.1 Å². The van der Waals surface area contributed by atoms with Crippen LogP contribution in [0, 0.1) is 11.3 Å². The molecule has 1 aromatic rings. The van der Waals surface area contributed by atoms with Gasteiger partial charge in [-0.25, -0.2) is 0 Å². The molecule has 0 heterocycles. The molecule has 1 N–H and O–H groups in total. The highest BCUT2D eigenvalue weighted by Gasteiger charge is 2.04. The summed E-state index contributed by atoms with van der Waals surface area (Å²) in [7, 11) is 3.47. The fourth-order valence-corrected chi connectivity index (χ4v) is 1.77. The molecule has 1 amide bonds. The number of rotatable bonds is 4. The monoisotopic (exact) mass is 295 g/mol. The molecule has 5 heteroatoms. The van der Waals surface area contributed by atoms with Crippen molar-refractivity contribution in [3.05, 3.63) is 28.2 Å². The molecule has 1 rings (SSSR count). The summed E-state index contributed by atoms with van der Waals surface area (Å²) < 4.78 is 0.828. The summed E-state index contributed by atoms with van der Waals surface area (Å²) >= 11 is 3.38. The summed E-state index contributed by atoms with van der Waals surface area (Å²) in [5.41, 5.74) is 1.49. The van der Waals surface area contributed by atoms with Crippen LogP contribution in [0.25, 0.3) is 0 Å². The van der Waals surface area contributed by atoms with E-state index < -0.39 is 0 Å². The molecule has 0 aliphatic carbocycles. The quantitative estimate of drug-likeness (QED) is 0.926. The van der Waals surface area contributed by atoms with E-state index in [4.69, 9.17) is 5.26 Å². The molecular formula is C12H14BrN3O. The maximum absolute atomic E-state index is 11.3. The Morgan fingerprint density at radius 2 is 2.24 bits per heavy atom. The van der Waals surface area contributed by atoms with Gasteiger partial charge < -0.3 is 10.2 Å². The van der Waals surface area contributed by atoms with Crippen molar-refractivity contribution in [3.8, 4) is 6.07 Å². The second-order valence-corrected chi connectivity index (χ2v) is 4.63. The molecule has 90 valence electrons. The third-order valence-corrected chi connectivity index (χ3v) is 2.91. The number of nitrogens with zero attached hydrogens (tertiary/aromatic N) is 2. The van der Waals surface area contributed by atoms with Gasteiger partial charge >= 0.3 is 0 Å². The molecule has 4 nitrogen and oxygen atoms in total. The fourth-order valence-electron chi connectivity index (χ4n) is 1.26. The second-order valence-electron chi connectivity index (χ2n) is 3.77. The van der Waals surface area contributed by atoms with E-state index >= 15 is 0 Å². The maximum atomic E-state index is 11.3. The Labute approximate surface area is 109 Å². The minimum Gasteiger partial charge on any atom is -0.384 e. The fraction of sp³-hybridized carbons (Fsp3) is 0.333. The molecule has 0 saturated heterocycles. The van der Waals surface area contributed by atoms with Gasteiger partial charge in [0, 0.05) is 37.2 Å². The van der Waals surface area contributed by atoms with Gasteiger partial charge in [0.2, 0.25) is 5.91 Å². The molecule has 0 aromatic heterocycles. The van der Waals surface area contributed by atoms with Crippen LogP contribution in [-0.4, -0.2) is 31.4 Å². The lowest BCUT2D eigenvalue weighted by atomic mass is 10.2. The van der Waals surface area contributed by atoms with Gasteiger partial charge in [0.15, 0.2) is 0 Å². The minimum absolute atomic E-state index is 0.0854. The normalized spacial score (nSPS) is 9.53. The van der Waals surface area contributed by atoms with Gasteiger partial charge in [-0.15, -0.1) is 0 Å². The average molecular weight is 296 g/mol. The molecule has 0 spiro atoms. The lowest BCUT2D eigenvalue weighted by Gasteiger charge is -2.12. The van der Waals surface area contributed by atoms with Crippen molar-refractivity contribution in [1.82, 2.24) is 4.90 Å². The van der Waals surface area contributed by atoms with Crippen molar-refractivity contribution in [1.29, 1.82) is 5.26 Å². The number of carbonyl (C=O) groups excluding carboxylic acids is 1. The molecule has 0 unspecified atom stereocenters. The smallest absolute Gasteiger partial charge is 0.223 e. The van der Waals surface area contributed by atoms with Gasteiger partial charge in [0.05, 0.1) is 11.6 Å². The Bertz CT molecular complexity index is 452. The van der Waals surface area contributed by atoms with E-state index in [1.165, 1.54) is 0 Å². The van der Waals surface area contributed by atoms with E-state index in [-0.39, 0.29) is 5.91 Å². The zero-order chi connectivity index (χ0) is 12.8. The Balaban J connectivity index is 2.53. The van der Waals surface area contributed by atoms with Crippen LogP contribution in [0.1, 0.15) is 12.0 Å². The highest BCUT2D eigenvalue weighted by Crippen LogP contribution is 2.23. The predicted molar refractivity (Wildman–Crippen MR) is 70.7 cm³/mol. The Hall–Kier alpha value is -1.54. The molecule has 0 fully saturated rings. The lowest BCUT2D eigenvalue weighted by Crippen LogP contribution is -2.23. The highest BCUT2D eigenvalue weighted by molar-refractivity contribution is 9.10. The molecule has 1 aromatic carbocycles. The Morgan fingerprint density at radius 3 is 2.76 bits per heavy atom. The summed E-state index contributed by atoms with van der Waals surface area (Å²) in [5, 5.41) is 11.9. The summed E-state index contributed by atoms with van der Waals surface area (Å²) in [5.74, 6) is 0.0854. The van der Waals surface area contributed by atoms with Crippen molar-refractivity contribution in [2.24, 2.45) is 0 Å². The maximum Gasteiger partial charge on any atom is 0.223 e. The minimum atomic E-state index is 0.0854. The van der Waals surface area contributed by atoms with Gasteiger partial charge in [0.1, 0.15) is 0 Å². The van der Waals surface area contributed by atoms with Crippen LogP contribution >= 0.6 is 15.9 Å². The number of nitriles is 1. The Kier molecular flexibility index (Phi) is 4.98. The van der Waals surface area contributed by atoms with Crippen molar-refractivity contribution >= 4 is 27.5 Å². The number of nitrogens with one attached hydrogen (secondary N) is 1. The van der Waals surface area contributed by atoms with Crippen LogP contribution in [0.15, 0.2) is 22.7 Å². The van der Waals surface area contributed by atoms with Crippen LogP contribution in [-0.2, 0) is 4.79 Å². The third kappa shape index (κ3) is 4.08. The van der Waals surface area contributed by atoms with E-state index in [0.29, 0.717) is 18.5 Å². The molecular weight excluding hydrogens is 282 g/mol. The Morgan fingerprint density at radius 1 is 1.53 bits per heavy atom. The van der Waals surface area contributed by atoms with E-state index in [1.807, 2.05) is 6.07 Å². The first-order valence-corrected chi connectivity index (χ1v) is 5.97. The number of benzene rings is 1. The number of amides is 1. The molecule has 0 aliphatic heterocycles. The van der Waals surface area contributed by atoms with E-state index in [9.17, 15) is 4.79 Å². The summed E-state index contributed by atoms with van der Waals surface area (Å²) in [6.45, 7) is 0.571. The molecule has 0 aliphatic rings. The first kappa shape index (κ1) is 13.5. The lowest BCUT2D eigenvalue weighted by molar-refractivity contribution is -0.128.